The van der Waals surface area contributed by atoms with Crippen LogP contribution in [0.2, 0.25) is 0 Å². The number of hydrogen-bond acceptors (Lipinski definition) is 5. The molecule has 2 heterocycles. The lowest BCUT2D eigenvalue weighted by Gasteiger charge is -2.16. The van der Waals surface area contributed by atoms with Gasteiger partial charge in [-0.1, -0.05) is 12.1 Å². The Hall–Kier alpha value is -2.35. The number of hydrogen-bond donors (Lipinski definition) is 1. The van der Waals surface area contributed by atoms with Gasteiger partial charge in [-0.05, 0) is 43.0 Å². The number of fused-ring (bicyclic) bond motifs is 1. The topological polar surface area (TPSA) is 47.0 Å². The number of nitrogens with one attached hydrogen (secondary N) is 1. The maximum Gasteiger partial charge on any atom is 0.422 e. The summed E-state index contributed by atoms with van der Waals surface area (Å²) in [4.78, 5) is 9.75. The van der Waals surface area contributed by atoms with Crippen molar-refractivity contribution in [3.05, 3.63) is 47.1 Å². The van der Waals surface area contributed by atoms with Crippen molar-refractivity contribution >= 4 is 27.4 Å². The summed E-state index contributed by atoms with van der Waals surface area (Å²) in [6, 6.07) is 8.43. The molecule has 1 atom stereocenters. The van der Waals surface area contributed by atoms with Crippen LogP contribution in [0.15, 0.2) is 35.7 Å². The Morgan fingerprint density at radius 2 is 1.88 bits per heavy atom. The van der Waals surface area contributed by atoms with Crippen molar-refractivity contribution in [3.8, 4) is 5.75 Å². The predicted molar refractivity (Wildman–Crippen MR) is 92.2 cm³/mol. The Kier molecular flexibility index (Phi) is 4.80. The monoisotopic (exact) mass is 367 g/mol. The number of aromatic nitrogens is 2. The van der Waals surface area contributed by atoms with Gasteiger partial charge in [0.25, 0.3) is 0 Å². The van der Waals surface area contributed by atoms with Crippen LogP contribution in [0, 0.1) is 6.92 Å². The molecule has 1 aromatic carbocycles. The van der Waals surface area contributed by atoms with Crippen LogP contribution in [0.5, 0.6) is 5.75 Å². The van der Waals surface area contributed by atoms with E-state index in [0.717, 1.165) is 21.6 Å². The van der Waals surface area contributed by atoms with E-state index in [4.69, 9.17) is 4.74 Å². The normalized spacial score (nSPS) is 13.0. The second-order valence-corrected chi connectivity index (χ2v) is 6.49. The summed E-state index contributed by atoms with van der Waals surface area (Å²) in [5.74, 6) is 1.61. The fourth-order valence-corrected chi connectivity index (χ4v) is 3.19. The van der Waals surface area contributed by atoms with E-state index in [-0.39, 0.29) is 11.8 Å². The summed E-state index contributed by atoms with van der Waals surface area (Å²) >= 11 is 1.55. The van der Waals surface area contributed by atoms with E-state index in [9.17, 15) is 13.2 Å². The molecule has 0 saturated carbocycles. The van der Waals surface area contributed by atoms with Crippen LogP contribution in [-0.4, -0.2) is 22.8 Å². The standard InChI is InChI=1S/C17H16F3N3OS/c1-10(12-3-5-13(6-4-12)24-9-17(18,19)20)21-15-14-7-8-25-16(14)23-11(2)22-15/h3-8,10H,9H2,1-2H3,(H,21,22,23). The first-order valence-electron chi connectivity index (χ1n) is 7.60. The third-order valence-electron chi connectivity index (χ3n) is 3.57. The largest absolute Gasteiger partial charge is 0.484 e. The molecule has 2 aromatic heterocycles. The van der Waals surface area contributed by atoms with E-state index < -0.39 is 12.8 Å². The minimum atomic E-state index is -4.34. The quantitative estimate of drug-likeness (QED) is 0.680. The first-order chi connectivity index (χ1) is 11.8. The molecular weight excluding hydrogens is 351 g/mol. The second-order valence-electron chi connectivity index (χ2n) is 5.60. The molecule has 25 heavy (non-hydrogen) atoms. The first kappa shape index (κ1) is 17.5. The van der Waals surface area contributed by atoms with Crippen LogP contribution in [0.3, 0.4) is 0 Å². The number of anilines is 1. The van der Waals surface area contributed by atoms with Gasteiger partial charge in [-0.2, -0.15) is 13.2 Å². The average molecular weight is 367 g/mol. The lowest BCUT2D eigenvalue weighted by atomic mass is 10.1. The molecule has 0 aliphatic carbocycles. The number of alkyl halides is 3. The molecule has 4 nitrogen and oxygen atoms in total. The fourth-order valence-electron chi connectivity index (χ4n) is 2.38. The molecule has 0 bridgehead atoms. The van der Waals surface area contributed by atoms with Gasteiger partial charge in [0.1, 0.15) is 22.2 Å². The smallest absolute Gasteiger partial charge is 0.422 e. The van der Waals surface area contributed by atoms with Crippen LogP contribution < -0.4 is 10.1 Å². The number of ether oxygens (including phenoxy) is 1. The first-order valence-corrected chi connectivity index (χ1v) is 8.48. The molecule has 132 valence electrons. The van der Waals surface area contributed by atoms with Crippen LogP contribution in [0.25, 0.3) is 10.2 Å². The van der Waals surface area contributed by atoms with E-state index in [2.05, 4.69) is 15.3 Å². The number of benzene rings is 1. The number of halogens is 3. The molecule has 1 N–H and O–H groups in total. The average Bonchev–Trinajstić information content (AvgIpc) is 3.01. The van der Waals surface area contributed by atoms with Crippen molar-refractivity contribution in [1.82, 2.24) is 9.97 Å². The minimum absolute atomic E-state index is 0.0749. The van der Waals surface area contributed by atoms with Gasteiger partial charge in [0.15, 0.2) is 6.61 Å². The van der Waals surface area contributed by atoms with Gasteiger partial charge in [0.2, 0.25) is 0 Å². The highest BCUT2D eigenvalue weighted by molar-refractivity contribution is 7.16. The maximum atomic E-state index is 12.2. The molecule has 3 rings (SSSR count). The maximum absolute atomic E-state index is 12.2. The van der Waals surface area contributed by atoms with Crippen LogP contribution in [0.1, 0.15) is 24.4 Å². The zero-order chi connectivity index (χ0) is 18.0. The van der Waals surface area contributed by atoms with Gasteiger partial charge < -0.3 is 10.1 Å². The summed E-state index contributed by atoms with van der Waals surface area (Å²) in [6.07, 6.45) is -4.34. The summed E-state index contributed by atoms with van der Waals surface area (Å²) < 4.78 is 41.3. The molecule has 3 aromatic rings. The van der Waals surface area contributed by atoms with E-state index in [1.165, 1.54) is 12.1 Å². The summed E-state index contributed by atoms with van der Waals surface area (Å²) in [7, 11) is 0. The molecule has 0 aliphatic heterocycles. The van der Waals surface area contributed by atoms with E-state index >= 15 is 0 Å². The summed E-state index contributed by atoms with van der Waals surface area (Å²) in [5, 5.41) is 6.25. The molecule has 0 saturated heterocycles. The molecule has 0 spiro atoms. The molecule has 1 unspecified atom stereocenters. The summed E-state index contributed by atoms with van der Waals surface area (Å²) in [5.41, 5.74) is 0.916. The summed E-state index contributed by atoms with van der Waals surface area (Å²) in [6.45, 7) is 2.50. The Labute approximate surface area is 146 Å². The Morgan fingerprint density at radius 1 is 1.16 bits per heavy atom. The lowest BCUT2D eigenvalue weighted by molar-refractivity contribution is -0.153. The van der Waals surface area contributed by atoms with Crippen molar-refractivity contribution in [2.75, 3.05) is 11.9 Å². The van der Waals surface area contributed by atoms with Crippen molar-refractivity contribution in [2.45, 2.75) is 26.1 Å². The Bertz CT molecular complexity index is 862. The second kappa shape index (κ2) is 6.87. The third-order valence-corrected chi connectivity index (χ3v) is 4.38. The SMILES string of the molecule is Cc1nc(NC(C)c2ccc(OCC(F)(F)F)cc2)c2ccsc2n1. The van der Waals surface area contributed by atoms with Crippen molar-refractivity contribution in [1.29, 1.82) is 0 Å². The zero-order valence-corrected chi connectivity index (χ0v) is 14.4. The third kappa shape index (κ3) is 4.39. The number of nitrogens with zero attached hydrogens (tertiary/aromatic N) is 2. The number of rotatable bonds is 5. The molecule has 8 heteroatoms. The van der Waals surface area contributed by atoms with Gasteiger partial charge in [-0.15, -0.1) is 11.3 Å². The predicted octanol–water partition coefficient (Wildman–Crippen LogP) is 5.11. The molecule has 0 fully saturated rings. The van der Waals surface area contributed by atoms with Crippen molar-refractivity contribution < 1.29 is 17.9 Å². The van der Waals surface area contributed by atoms with Crippen molar-refractivity contribution in [2.24, 2.45) is 0 Å². The van der Waals surface area contributed by atoms with Crippen LogP contribution in [-0.2, 0) is 0 Å². The zero-order valence-electron chi connectivity index (χ0n) is 13.6. The lowest BCUT2D eigenvalue weighted by Crippen LogP contribution is -2.19. The molecule has 0 radical (unpaired) electrons. The van der Waals surface area contributed by atoms with Gasteiger partial charge in [-0.3, -0.25) is 0 Å². The van der Waals surface area contributed by atoms with E-state index in [1.54, 1.807) is 23.5 Å². The number of aryl methyl sites for hydroxylation is 1. The molecule has 0 aliphatic rings. The van der Waals surface area contributed by atoms with Gasteiger partial charge in [0, 0.05) is 6.04 Å². The van der Waals surface area contributed by atoms with E-state index in [1.807, 2.05) is 25.3 Å². The Morgan fingerprint density at radius 3 is 2.56 bits per heavy atom. The van der Waals surface area contributed by atoms with Gasteiger partial charge >= 0.3 is 6.18 Å². The van der Waals surface area contributed by atoms with Crippen LogP contribution in [0.4, 0.5) is 19.0 Å². The fraction of sp³-hybridized carbons (Fsp3) is 0.294. The highest BCUT2D eigenvalue weighted by Crippen LogP contribution is 2.28. The van der Waals surface area contributed by atoms with E-state index in [0.29, 0.717) is 5.82 Å². The highest BCUT2D eigenvalue weighted by Gasteiger charge is 2.28. The van der Waals surface area contributed by atoms with Gasteiger partial charge in [0.05, 0.1) is 5.39 Å². The Balaban J connectivity index is 1.72. The van der Waals surface area contributed by atoms with Crippen LogP contribution >= 0.6 is 11.3 Å². The van der Waals surface area contributed by atoms with Crippen molar-refractivity contribution in [3.63, 3.8) is 0 Å². The number of thiophene rings is 1. The van der Waals surface area contributed by atoms with Gasteiger partial charge in [-0.25, -0.2) is 9.97 Å². The molecular formula is C17H16F3N3OS. The minimum Gasteiger partial charge on any atom is -0.484 e. The highest BCUT2D eigenvalue weighted by atomic mass is 32.1. The molecule has 0 amide bonds.